The zero-order chi connectivity index (χ0) is 34.8. The monoisotopic (exact) mass is 687 g/mol. The van der Waals surface area contributed by atoms with Gasteiger partial charge in [-0.2, -0.15) is 5.26 Å². The molecule has 1 aliphatic heterocycles. The van der Waals surface area contributed by atoms with E-state index in [2.05, 4.69) is 31.8 Å². The van der Waals surface area contributed by atoms with Crippen LogP contribution in [0.3, 0.4) is 0 Å². The Morgan fingerprint density at radius 3 is 2.44 bits per heavy atom. The Balaban J connectivity index is 1.05. The Morgan fingerprint density at radius 1 is 0.900 bits per heavy atom. The molecule has 0 unspecified atom stereocenters. The van der Waals surface area contributed by atoms with Crippen molar-refractivity contribution in [2.24, 2.45) is 0 Å². The molecule has 11 nitrogen and oxygen atoms in total. The van der Waals surface area contributed by atoms with Crippen molar-refractivity contribution in [2.75, 3.05) is 49.1 Å². The summed E-state index contributed by atoms with van der Waals surface area (Å²) in [5.41, 5.74) is 18.2. The summed E-state index contributed by atoms with van der Waals surface area (Å²) in [6.45, 7) is 4.51. The van der Waals surface area contributed by atoms with Gasteiger partial charge in [0.1, 0.15) is 5.58 Å². The lowest BCUT2D eigenvalue weighted by atomic mass is 10.0. The average Bonchev–Trinajstić information content (AvgIpc) is 3.71. The number of carbonyl (C=O) groups is 1. The Morgan fingerprint density at radius 2 is 1.68 bits per heavy atom. The molecule has 6 aromatic rings. The van der Waals surface area contributed by atoms with Crippen LogP contribution in [-0.2, 0) is 16.4 Å². The van der Waals surface area contributed by atoms with Crippen LogP contribution < -0.4 is 21.1 Å². The maximum absolute atomic E-state index is 13.6. The summed E-state index contributed by atoms with van der Waals surface area (Å²) in [6, 6.07) is 26.6. The number of nitrogens with zero attached hydrogens (tertiary/aromatic N) is 3. The predicted octanol–water partition coefficient (Wildman–Crippen LogP) is 5.88. The van der Waals surface area contributed by atoms with Crippen LogP contribution in [0, 0.1) is 11.3 Å². The van der Waals surface area contributed by atoms with Crippen LogP contribution in [0.5, 0.6) is 0 Å². The third kappa shape index (κ3) is 6.74. The lowest BCUT2D eigenvalue weighted by Crippen LogP contribution is -2.46. The molecule has 1 saturated heterocycles. The Kier molecular flexibility index (Phi) is 8.93. The lowest BCUT2D eigenvalue weighted by Gasteiger charge is -2.36. The Hall–Kier alpha value is -5.77. The van der Waals surface area contributed by atoms with Crippen molar-refractivity contribution in [1.29, 1.82) is 5.26 Å². The number of furan rings is 1. The van der Waals surface area contributed by atoms with Crippen molar-refractivity contribution in [3.8, 4) is 17.2 Å². The largest absolute Gasteiger partial charge is 0.450 e. The number of piperazine rings is 1. The van der Waals surface area contributed by atoms with Gasteiger partial charge in [-0.25, -0.2) is 13.1 Å². The number of carbonyl (C=O) groups excluding carboxylic acids is 1. The van der Waals surface area contributed by atoms with Gasteiger partial charge in [0.2, 0.25) is 5.76 Å². The first-order valence-corrected chi connectivity index (χ1v) is 18.0. The van der Waals surface area contributed by atoms with E-state index >= 15 is 0 Å². The molecule has 7 rings (SSSR count). The van der Waals surface area contributed by atoms with Gasteiger partial charge in [0, 0.05) is 71.3 Å². The molecule has 0 atom stereocenters. The van der Waals surface area contributed by atoms with Gasteiger partial charge in [0.05, 0.1) is 16.5 Å². The number of benzene rings is 4. The first-order chi connectivity index (χ1) is 24.2. The number of H-pyrrole nitrogens is 1. The van der Waals surface area contributed by atoms with Crippen LogP contribution in [0.1, 0.15) is 34.5 Å². The molecule has 50 heavy (non-hydrogen) atoms. The summed E-state index contributed by atoms with van der Waals surface area (Å²) in [5, 5.41) is 11.1. The van der Waals surface area contributed by atoms with Gasteiger partial charge in [0.25, 0.3) is 10.0 Å². The zero-order valence-electron chi connectivity index (χ0n) is 27.4. The molecule has 12 heteroatoms. The van der Waals surface area contributed by atoms with E-state index in [4.69, 9.17) is 15.9 Å². The average molecular weight is 688 g/mol. The number of anilines is 3. The summed E-state index contributed by atoms with van der Waals surface area (Å²) in [4.78, 5) is 21.6. The van der Waals surface area contributed by atoms with E-state index in [1.807, 2.05) is 42.5 Å². The molecule has 3 heterocycles. The second-order valence-electron chi connectivity index (χ2n) is 12.6. The number of nitrogens with two attached hydrogens (primary N) is 2. The fourth-order valence-corrected chi connectivity index (χ4v) is 7.67. The summed E-state index contributed by atoms with van der Waals surface area (Å²) in [7, 11) is -4.23. The van der Waals surface area contributed by atoms with Crippen LogP contribution in [-0.4, -0.2) is 56.9 Å². The Bertz CT molecular complexity index is 2370. The number of amides is 1. The van der Waals surface area contributed by atoms with E-state index in [9.17, 15) is 18.5 Å². The topological polar surface area (TPSA) is 174 Å². The van der Waals surface area contributed by atoms with Gasteiger partial charge in [-0.3, -0.25) is 9.69 Å². The minimum Gasteiger partial charge on any atom is -0.450 e. The number of nitrogens with one attached hydrogen (secondary N) is 2. The third-order valence-corrected chi connectivity index (χ3v) is 10.6. The molecular weight excluding hydrogens is 651 g/mol. The number of unbranched alkanes of at least 4 members (excludes halogenated alkanes) is 1. The number of aromatic amines is 1. The fourth-order valence-electron chi connectivity index (χ4n) is 6.67. The lowest BCUT2D eigenvalue weighted by molar-refractivity contribution is 0.0957. The first kappa shape index (κ1) is 32.8. The second-order valence-corrected chi connectivity index (χ2v) is 14.3. The summed E-state index contributed by atoms with van der Waals surface area (Å²) >= 11 is 0. The summed E-state index contributed by atoms with van der Waals surface area (Å²) < 4.78 is 34.4. The normalized spacial score (nSPS) is 13.9. The number of rotatable bonds is 10. The number of nitriles is 1. The van der Waals surface area contributed by atoms with Crippen molar-refractivity contribution in [3.05, 3.63) is 108 Å². The van der Waals surface area contributed by atoms with Gasteiger partial charge in [-0.1, -0.05) is 18.2 Å². The SMILES string of the molecule is N#Cc1ccc2[nH]cc(CCCCN3CCN(c4ccc5oc(C(=O)NS(=O)(=O)c6cccc(N)c6)c(-c6cccc(N)c6)c5c4)CC3)c2c1. The first-order valence-electron chi connectivity index (χ1n) is 16.5. The van der Waals surface area contributed by atoms with E-state index in [0.717, 1.165) is 68.6 Å². The molecule has 1 amide bonds. The van der Waals surface area contributed by atoms with Gasteiger partial charge < -0.3 is 25.8 Å². The van der Waals surface area contributed by atoms with Gasteiger partial charge in [0.15, 0.2) is 0 Å². The van der Waals surface area contributed by atoms with E-state index in [1.165, 1.54) is 23.8 Å². The van der Waals surface area contributed by atoms with Crippen molar-refractivity contribution in [3.63, 3.8) is 0 Å². The molecule has 1 aliphatic rings. The fraction of sp³-hybridized carbons (Fsp3) is 0.211. The number of sulfonamides is 1. The maximum atomic E-state index is 13.6. The van der Waals surface area contributed by atoms with Crippen LogP contribution >= 0.6 is 0 Å². The number of nitrogen functional groups attached to an aromatic ring is 2. The Labute approximate surface area is 290 Å². The molecule has 0 radical (unpaired) electrons. The molecule has 4 aromatic carbocycles. The molecule has 1 fully saturated rings. The zero-order valence-corrected chi connectivity index (χ0v) is 28.2. The van der Waals surface area contributed by atoms with Gasteiger partial charge >= 0.3 is 5.91 Å². The summed E-state index contributed by atoms with van der Waals surface area (Å²) in [5.74, 6) is -1.02. The molecule has 0 spiro atoms. The third-order valence-electron chi connectivity index (χ3n) is 9.25. The van der Waals surface area contributed by atoms with Crippen LogP contribution in [0.2, 0.25) is 0 Å². The highest BCUT2D eigenvalue weighted by Gasteiger charge is 2.28. The van der Waals surface area contributed by atoms with Crippen molar-refractivity contribution >= 4 is 54.9 Å². The number of aromatic nitrogens is 1. The number of hydrogen-bond acceptors (Lipinski definition) is 9. The molecule has 6 N–H and O–H groups in total. The van der Waals surface area contributed by atoms with Crippen LogP contribution in [0.4, 0.5) is 17.1 Å². The highest BCUT2D eigenvalue weighted by atomic mass is 32.2. The molecule has 2 aromatic heterocycles. The highest BCUT2D eigenvalue weighted by molar-refractivity contribution is 7.90. The smallest absolute Gasteiger partial charge is 0.301 e. The molecule has 0 saturated carbocycles. The maximum Gasteiger partial charge on any atom is 0.301 e. The van der Waals surface area contributed by atoms with E-state index < -0.39 is 15.9 Å². The summed E-state index contributed by atoms with van der Waals surface area (Å²) in [6.07, 6.45) is 5.15. The number of fused-ring (bicyclic) bond motifs is 2. The van der Waals surface area contributed by atoms with Crippen molar-refractivity contribution in [2.45, 2.75) is 24.2 Å². The number of hydrogen-bond donors (Lipinski definition) is 4. The number of aryl methyl sites for hydroxylation is 1. The van der Waals surface area contributed by atoms with Crippen LogP contribution in [0.25, 0.3) is 33.0 Å². The van der Waals surface area contributed by atoms with Gasteiger partial charge in [-0.15, -0.1) is 0 Å². The van der Waals surface area contributed by atoms with Crippen LogP contribution in [0.15, 0.2) is 100 Å². The van der Waals surface area contributed by atoms with E-state index in [0.29, 0.717) is 33.3 Å². The van der Waals surface area contributed by atoms with E-state index in [1.54, 1.807) is 24.3 Å². The van der Waals surface area contributed by atoms with Crippen molar-refractivity contribution < 1.29 is 17.6 Å². The predicted molar refractivity (Wildman–Crippen MR) is 196 cm³/mol. The van der Waals surface area contributed by atoms with E-state index in [-0.39, 0.29) is 16.3 Å². The van der Waals surface area contributed by atoms with Gasteiger partial charge in [-0.05, 0) is 104 Å². The molecule has 0 bridgehead atoms. The molecular formula is C38H37N7O4S. The quantitative estimate of drug-likeness (QED) is 0.101. The molecule has 254 valence electrons. The highest BCUT2D eigenvalue weighted by Crippen LogP contribution is 2.38. The standard InChI is InChI=1S/C38H37N7O4S/c39-23-25-10-12-34-32(19-25)27(24-42-34)5-1-2-14-44-15-17-45(18-16-44)30-11-13-35-33(22-30)36(26-6-3-7-28(40)20-26)37(49-35)38(46)43-50(47,48)31-9-4-8-29(41)21-31/h3-4,6-13,19-22,24,42H,1-2,5,14-18,40-41H2,(H,43,46). The molecule has 0 aliphatic carbocycles. The van der Waals surface area contributed by atoms with Crippen molar-refractivity contribution in [1.82, 2.24) is 14.6 Å². The minimum absolute atomic E-state index is 0.127. The minimum atomic E-state index is -4.23. The second kappa shape index (κ2) is 13.6.